The van der Waals surface area contributed by atoms with E-state index < -0.39 is 23.7 Å². The quantitative estimate of drug-likeness (QED) is 0.229. The van der Waals surface area contributed by atoms with Crippen LogP contribution in [0.3, 0.4) is 0 Å². The SMILES string of the molecule is C=C(C)C(=O)Oc1cc(F)c(-c2cc(COC)c(OC(=O)C(=C)C)c(COC)c2)cc1OC(=O)C(=C)C. The minimum atomic E-state index is -0.826. The Hall–Kier alpha value is -4.08. The Balaban J connectivity index is 2.75. The average molecular weight is 513 g/mol. The predicted octanol–water partition coefficient (Wildman–Crippen LogP) is 5.23. The maximum absolute atomic E-state index is 15.4. The van der Waals surface area contributed by atoms with Crippen LogP contribution in [0, 0.1) is 5.82 Å². The standard InChI is InChI=1S/C28H29FO8/c1-15(2)26(30)35-23-11-21(22(29)12-24(23)36-27(31)16(3)4)18-9-19(13-33-7)25(20(10-18)14-34-8)37-28(32)17(5)6/h9-12H,1,3,5,13-14H2,2,4,6-8H3. The third-order valence-corrected chi connectivity index (χ3v) is 4.83. The number of methoxy groups -OCH3 is 2. The Morgan fingerprint density at radius 3 is 1.51 bits per heavy atom. The Morgan fingerprint density at radius 1 is 0.703 bits per heavy atom. The van der Waals surface area contributed by atoms with E-state index in [1.807, 2.05) is 0 Å². The number of carbonyl (C=O) groups is 3. The molecule has 0 fully saturated rings. The van der Waals surface area contributed by atoms with Crippen LogP contribution in [0.1, 0.15) is 31.9 Å². The average Bonchev–Trinajstić information content (AvgIpc) is 2.82. The molecule has 2 rings (SSSR count). The lowest BCUT2D eigenvalue weighted by molar-refractivity contribution is -0.132. The van der Waals surface area contributed by atoms with Gasteiger partial charge in [-0.2, -0.15) is 0 Å². The van der Waals surface area contributed by atoms with E-state index in [0.29, 0.717) is 16.7 Å². The second-order valence-electron chi connectivity index (χ2n) is 8.28. The normalized spacial score (nSPS) is 10.4. The number of esters is 3. The predicted molar refractivity (Wildman–Crippen MR) is 135 cm³/mol. The molecular formula is C28H29FO8. The zero-order valence-corrected chi connectivity index (χ0v) is 21.5. The zero-order valence-electron chi connectivity index (χ0n) is 21.5. The van der Waals surface area contributed by atoms with E-state index in [-0.39, 0.29) is 52.7 Å². The Labute approximate surface area is 214 Å². The fourth-order valence-electron chi connectivity index (χ4n) is 3.04. The number of hydrogen-bond donors (Lipinski definition) is 0. The summed E-state index contributed by atoms with van der Waals surface area (Å²) in [6.07, 6.45) is 0. The molecular weight excluding hydrogens is 483 g/mol. The molecule has 2 aromatic carbocycles. The van der Waals surface area contributed by atoms with Gasteiger partial charge in [0.05, 0.1) is 13.2 Å². The lowest BCUT2D eigenvalue weighted by atomic mass is 9.98. The van der Waals surface area contributed by atoms with Gasteiger partial charge in [0.25, 0.3) is 0 Å². The summed E-state index contributed by atoms with van der Waals surface area (Å²) in [4.78, 5) is 36.6. The molecule has 0 unspecified atom stereocenters. The number of benzene rings is 2. The molecule has 0 saturated carbocycles. The van der Waals surface area contributed by atoms with Crippen molar-refractivity contribution in [1.82, 2.24) is 0 Å². The van der Waals surface area contributed by atoms with Gasteiger partial charge in [-0.25, -0.2) is 18.8 Å². The Kier molecular flexibility index (Phi) is 10.0. The summed E-state index contributed by atoms with van der Waals surface area (Å²) in [5, 5.41) is 0. The topological polar surface area (TPSA) is 97.4 Å². The third kappa shape index (κ3) is 7.45. The Morgan fingerprint density at radius 2 is 1.11 bits per heavy atom. The minimum Gasteiger partial charge on any atom is -0.422 e. The smallest absolute Gasteiger partial charge is 0.338 e. The number of rotatable bonds is 11. The molecule has 9 heteroatoms. The van der Waals surface area contributed by atoms with Gasteiger partial charge in [0, 0.05) is 53.7 Å². The van der Waals surface area contributed by atoms with E-state index in [0.717, 1.165) is 6.07 Å². The van der Waals surface area contributed by atoms with Crippen molar-refractivity contribution in [2.24, 2.45) is 0 Å². The second kappa shape index (κ2) is 12.8. The van der Waals surface area contributed by atoms with Crippen LogP contribution < -0.4 is 14.2 Å². The van der Waals surface area contributed by atoms with Crippen molar-refractivity contribution in [3.63, 3.8) is 0 Å². The van der Waals surface area contributed by atoms with Crippen LogP contribution in [0.5, 0.6) is 17.2 Å². The van der Waals surface area contributed by atoms with Crippen LogP contribution >= 0.6 is 0 Å². The van der Waals surface area contributed by atoms with Crippen molar-refractivity contribution < 1.29 is 42.5 Å². The highest BCUT2D eigenvalue weighted by atomic mass is 19.1. The van der Waals surface area contributed by atoms with Gasteiger partial charge in [0.15, 0.2) is 11.5 Å². The van der Waals surface area contributed by atoms with E-state index in [9.17, 15) is 14.4 Å². The number of carbonyl (C=O) groups excluding carboxylic acids is 3. The highest BCUT2D eigenvalue weighted by Gasteiger charge is 2.22. The van der Waals surface area contributed by atoms with E-state index >= 15 is 4.39 Å². The van der Waals surface area contributed by atoms with E-state index in [1.54, 1.807) is 12.1 Å². The second-order valence-corrected chi connectivity index (χ2v) is 8.28. The lowest BCUT2D eigenvalue weighted by Crippen LogP contribution is -2.13. The summed E-state index contributed by atoms with van der Waals surface area (Å²) < 4.78 is 41.9. The molecule has 0 bridgehead atoms. The monoisotopic (exact) mass is 512 g/mol. The molecule has 0 aromatic heterocycles. The van der Waals surface area contributed by atoms with Gasteiger partial charge < -0.3 is 23.7 Å². The van der Waals surface area contributed by atoms with E-state index in [2.05, 4.69) is 19.7 Å². The number of ether oxygens (including phenoxy) is 5. The van der Waals surface area contributed by atoms with Gasteiger partial charge in [-0.15, -0.1) is 0 Å². The van der Waals surface area contributed by atoms with Crippen LogP contribution in [0.15, 0.2) is 60.7 Å². The molecule has 0 atom stereocenters. The molecule has 0 aliphatic heterocycles. The molecule has 0 aliphatic rings. The van der Waals surface area contributed by atoms with Gasteiger partial charge in [-0.3, -0.25) is 0 Å². The first-order chi connectivity index (χ1) is 17.4. The van der Waals surface area contributed by atoms with Crippen LogP contribution in [0.25, 0.3) is 11.1 Å². The summed E-state index contributed by atoms with van der Waals surface area (Å²) in [5.74, 6) is -3.38. The van der Waals surface area contributed by atoms with Gasteiger partial charge in [0.2, 0.25) is 0 Å². The fraction of sp³-hybridized carbons (Fsp3) is 0.250. The molecule has 0 N–H and O–H groups in total. The first-order valence-electron chi connectivity index (χ1n) is 11.0. The van der Waals surface area contributed by atoms with Gasteiger partial charge >= 0.3 is 17.9 Å². The Bertz CT molecular complexity index is 1250. The van der Waals surface area contributed by atoms with Crippen molar-refractivity contribution in [1.29, 1.82) is 0 Å². The summed E-state index contributed by atoms with van der Waals surface area (Å²) in [6.45, 7) is 15.0. The summed E-state index contributed by atoms with van der Waals surface area (Å²) in [5.41, 5.74) is 1.53. The van der Waals surface area contributed by atoms with Crippen molar-refractivity contribution in [2.75, 3.05) is 14.2 Å². The van der Waals surface area contributed by atoms with Crippen molar-refractivity contribution >= 4 is 17.9 Å². The molecule has 196 valence electrons. The molecule has 0 radical (unpaired) electrons. The lowest BCUT2D eigenvalue weighted by Gasteiger charge is -2.18. The van der Waals surface area contributed by atoms with Crippen molar-refractivity contribution in [2.45, 2.75) is 34.0 Å². The molecule has 0 amide bonds. The summed E-state index contributed by atoms with van der Waals surface area (Å²) in [6, 6.07) is 5.27. The molecule has 0 spiro atoms. The molecule has 0 heterocycles. The van der Waals surface area contributed by atoms with E-state index in [4.69, 9.17) is 23.7 Å². The van der Waals surface area contributed by atoms with Gasteiger partial charge in [-0.1, -0.05) is 19.7 Å². The molecule has 8 nitrogen and oxygen atoms in total. The minimum absolute atomic E-state index is 0.00660. The van der Waals surface area contributed by atoms with Gasteiger partial charge in [-0.05, 0) is 44.5 Å². The molecule has 2 aromatic rings. The maximum atomic E-state index is 15.4. The number of halogens is 1. The highest BCUT2D eigenvalue weighted by molar-refractivity contribution is 5.92. The first-order valence-corrected chi connectivity index (χ1v) is 11.0. The van der Waals surface area contributed by atoms with Crippen LogP contribution in [-0.4, -0.2) is 32.1 Å². The highest BCUT2D eigenvalue weighted by Crippen LogP contribution is 2.39. The van der Waals surface area contributed by atoms with Crippen molar-refractivity contribution in [3.05, 3.63) is 77.7 Å². The summed E-state index contributed by atoms with van der Waals surface area (Å²) in [7, 11) is 2.90. The van der Waals surface area contributed by atoms with Crippen LogP contribution in [0.4, 0.5) is 4.39 Å². The van der Waals surface area contributed by atoms with Crippen LogP contribution in [0.2, 0.25) is 0 Å². The summed E-state index contributed by atoms with van der Waals surface area (Å²) >= 11 is 0. The van der Waals surface area contributed by atoms with Crippen LogP contribution in [-0.2, 0) is 37.1 Å². The fourth-order valence-corrected chi connectivity index (χ4v) is 3.04. The molecule has 0 aliphatic carbocycles. The first kappa shape index (κ1) is 29.2. The third-order valence-electron chi connectivity index (χ3n) is 4.83. The molecule has 0 saturated heterocycles. The van der Waals surface area contributed by atoms with Gasteiger partial charge in [0.1, 0.15) is 11.6 Å². The zero-order chi connectivity index (χ0) is 27.9. The van der Waals surface area contributed by atoms with E-state index in [1.165, 1.54) is 41.1 Å². The van der Waals surface area contributed by atoms with Crippen molar-refractivity contribution in [3.8, 4) is 28.4 Å². The maximum Gasteiger partial charge on any atom is 0.338 e. The largest absolute Gasteiger partial charge is 0.422 e. The number of hydrogen-bond acceptors (Lipinski definition) is 8. The molecule has 37 heavy (non-hydrogen) atoms.